The van der Waals surface area contributed by atoms with Crippen molar-refractivity contribution in [2.24, 2.45) is 5.41 Å². The summed E-state index contributed by atoms with van der Waals surface area (Å²) in [6, 6.07) is 19.0. The standard InChI is InChI=1S/C19H20O2/c1-19(2,3)17(15-12-8-5-9-13-15)16(18(20)21)14-10-6-4-7-11-14/h4-13H,1-3H3,(H,20,21)/b17-16-. The molecule has 2 aromatic rings. The first-order valence-corrected chi connectivity index (χ1v) is 7.00. The van der Waals surface area contributed by atoms with Crippen molar-refractivity contribution in [1.82, 2.24) is 0 Å². The summed E-state index contributed by atoms with van der Waals surface area (Å²) in [5.41, 5.74) is 2.63. The van der Waals surface area contributed by atoms with Gasteiger partial charge in [-0.15, -0.1) is 0 Å². The van der Waals surface area contributed by atoms with Crippen molar-refractivity contribution in [2.75, 3.05) is 0 Å². The average Bonchev–Trinajstić information content (AvgIpc) is 2.44. The zero-order valence-corrected chi connectivity index (χ0v) is 12.6. The van der Waals surface area contributed by atoms with E-state index in [1.807, 2.05) is 81.4 Å². The highest BCUT2D eigenvalue weighted by Crippen LogP contribution is 2.40. The number of hydrogen-bond donors (Lipinski definition) is 1. The third-order valence-electron chi connectivity index (χ3n) is 3.34. The van der Waals surface area contributed by atoms with Gasteiger partial charge in [0, 0.05) is 0 Å². The van der Waals surface area contributed by atoms with E-state index < -0.39 is 5.97 Å². The first kappa shape index (κ1) is 15.0. The minimum absolute atomic E-state index is 0.273. The van der Waals surface area contributed by atoms with Crippen LogP contribution >= 0.6 is 0 Å². The second-order valence-electron chi connectivity index (χ2n) is 6.04. The average molecular weight is 280 g/mol. The third-order valence-corrected chi connectivity index (χ3v) is 3.34. The van der Waals surface area contributed by atoms with Crippen LogP contribution in [0.2, 0.25) is 0 Å². The van der Waals surface area contributed by atoms with Crippen LogP contribution in [0.25, 0.3) is 11.1 Å². The maximum atomic E-state index is 11.9. The Hall–Kier alpha value is -2.35. The monoisotopic (exact) mass is 280 g/mol. The summed E-state index contributed by atoms with van der Waals surface area (Å²) in [7, 11) is 0. The Bertz CT molecular complexity index is 647. The molecule has 0 heterocycles. The highest BCUT2D eigenvalue weighted by Gasteiger charge is 2.27. The fourth-order valence-electron chi connectivity index (χ4n) is 2.54. The molecule has 0 aliphatic heterocycles. The number of carboxylic acids is 1. The molecule has 0 atom stereocenters. The first-order chi connectivity index (χ1) is 9.91. The number of hydrogen-bond acceptors (Lipinski definition) is 1. The maximum absolute atomic E-state index is 11.9. The molecule has 108 valence electrons. The molecule has 2 rings (SSSR count). The van der Waals surface area contributed by atoms with Crippen molar-refractivity contribution < 1.29 is 9.90 Å². The SMILES string of the molecule is CC(C)(C)/C(=C(\C(=O)O)c1ccccc1)c1ccccc1. The Morgan fingerprint density at radius 2 is 1.24 bits per heavy atom. The van der Waals surface area contributed by atoms with Crippen molar-refractivity contribution >= 4 is 17.1 Å². The highest BCUT2D eigenvalue weighted by atomic mass is 16.4. The molecule has 0 spiro atoms. The third kappa shape index (κ3) is 3.40. The molecule has 0 aromatic heterocycles. The van der Waals surface area contributed by atoms with E-state index in [1.54, 1.807) is 0 Å². The van der Waals surface area contributed by atoms with E-state index in [4.69, 9.17) is 0 Å². The zero-order chi connectivity index (χ0) is 15.5. The van der Waals surface area contributed by atoms with Crippen LogP contribution in [0.5, 0.6) is 0 Å². The Labute approximate surface area is 125 Å². The largest absolute Gasteiger partial charge is 0.478 e. The lowest BCUT2D eigenvalue weighted by atomic mass is 9.77. The topological polar surface area (TPSA) is 37.3 Å². The molecule has 0 amide bonds. The quantitative estimate of drug-likeness (QED) is 0.652. The van der Waals surface area contributed by atoms with Gasteiger partial charge in [-0.05, 0) is 22.1 Å². The van der Waals surface area contributed by atoms with Gasteiger partial charge >= 0.3 is 5.97 Å². The molecule has 2 nitrogen and oxygen atoms in total. The molecule has 0 aliphatic carbocycles. The fraction of sp³-hybridized carbons (Fsp3) is 0.211. The van der Waals surface area contributed by atoms with Crippen molar-refractivity contribution in [3.63, 3.8) is 0 Å². The molecule has 21 heavy (non-hydrogen) atoms. The van der Waals surface area contributed by atoms with Crippen LogP contribution in [0.1, 0.15) is 31.9 Å². The van der Waals surface area contributed by atoms with Gasteiger partial charge in [-0.1, -0.05) is 81.4 Å². The second kappa shape index (κ2) is 5.96. The van der Waals surface area contributed by atoms with Crippen LogP contribution in [0.4, 0.5) is 0 Å². The minimum Gasteiger partial charge on any atom is -0.478 e. The smallest absolute Gasteiger partial charge is 0.336 e. The molecular formula is C19H20O2. The number of carbonyl (C=O) groups is 1. The summed E-state index contributed by atoms with van der Waals surface area (Å²) in [4.78, 5) is 11.9. The first-order valence-electron chi connectivity index (χ1n) is 7.00. The Balaban J connectivity index is 2.79. The van der Waals surface area contributed by atoms with Crippen molar-refractivity contribution in [1.29, 1.82) is 0 Å². The summed E-state index contributed by atoms with van der Waals surface area (Å²) in [5, 5.41) is 9.76. The molecular weight excluding hydrogens is 260 g/mol. The van der Waals surface area contributed by atoms with E-state index in [9.17, 15) is 9.90 Å². The summed E-state index contributed by atoms with van der Waals surface area (Å²) in [6.07, 6.45) is 0. The van der Waals surface area contributed by atoms with Gasteiger partial charge < -0.3 is 5.11 Å². The van der Waals surface area contributed by atoms with E-state index in [-0.39, 0.29) is 5.41 Å². The molecule has 1 N–H and O–H groups in total. The van der Waals surface area contributed by atoms with E-state index in [0.717, 1.165) is 16.7 Å². The van der Waals surface area contributed by atoms with E-state index >= 15 is 0 Å². The lowest BCUT2D eigenvalue weighted by Crippen LogP contribution is -2.15. The summed E-state index contributed by atoms with van der Waals surface area (Å²) in [5.74, 6) is -0.894. The van der Waals surface area contributed by atoms with Gasteiger partial charge in [-0.3, -0.25) is 0 Å². The van der Waals surface area contributed by atoms with E-state index in [2.05, 4.69) is 0 Å². The Morgan fingerprint density at radius 1 is 0.810 bits per heavy atom. The lowest BCUT2D eigenvalue weighted by Gasteiger charge is -2.26. The van der Waals surface area contributed by atoms with Crippen LogP contribution in [-0.4, -0.2) is 11.1 Å². The molecule has 2 aromatic carbocycles. The predicted molar refractivity (Wildman–Crippen MR) is 86.8 cm³/mol. The van der Waals surface area contributed by atoms with Gasteiger partial charge in [-0.2, -0.15) is 0 Å². The second-order valence-corrected chi connectivity index (χ2v) is 6.04. The maximum Gasteiger partial charge on any atom is 0.336 e. The molecule has 0 fully saturated rings. The van der Waals surface area contributed by atoms with Crippen molar-refractivity contribution in [3.05, 3.63) is 71.8 Å². The van der Waals surface area contributed by atoms with E-state index in [0.29, 0.717) is 5.57 Å². The van der Waals surface area contributed by atoms with Crippen molar-refractivity contribution in [2.45, 2.75) is 20.8 Å². The molecule has 2 heteroatoms. The minimum atomic E-state index is -0.894. The van der Waals surface area contributed by atoms with E-state index in [1.165, 1.54) is 0 Å². The zero-order valence-electron chi connectivity index (χ0n) is 12.6. The lowest BCUT2D eigenvalue weighted by molar-refractivity contribution is -0.130. The van der Waals surface area contributed by atoms with Crippen LogP contribution in [0, 0.1) is 5.41 Å². The summed E-state index contributed by atoms with van der Waals surface area (Å²) < 4.78 is 0. The summed E-state index contributed by atoms with van der Waals surface area (Å²) in [6.45, 7) is 6.13. The molecule has 0 unspecified atom stereocenters. The van der Waals surface area contributed by atoms with Gasteiger partial charge in [0.25, 0.3) is 0 Å². The predicted octanol–water partition coefficient (Wildman–Crippen LogP) is 4.73. The molecule has 0 bridgehead atoms. The van der Waals surface area contributed by atoms with Gasteiger partial charge in [0.15, 0.2) is 0 Å². The fourth-order valence-corrected chi connectivity index (χ4v) is 2.54. The van der Waals surface area contributed by atoms with Gasteiger partial charge in [0.05, 0.1) is 5.57 Å². The molecule has 0 saturated heterocycles. The van der Waals surface area contributed by atoms with Gasteiger partial charge in [-0.25, -0.2) is 4.79 Å². The number of aliphatic carboxylic acids is 1. The Morgan fingerprint density at radius 3 is 1.62 bits per heavy atom. The highest BCUT2D eigenvalue weighted by molar-refractivity contribution is 6.24. The summed E-state index contributed by atoms with van der Waals surface area (Å²) >= 11 is 0. The normalized spacial score (nSPS) is 12.7. The van der Waals surface area contributed by atoms with Crippen LogP contribution in [-0.2, 0) is 4.79 Å². The van der Waals surface area contributed by atoms with Crippen LogP contribution in [0.15, 0.2) is 60.7 Å². The molecule has 0 aliphatic rings. The van der Waals surface area contributed by atoms with Crippen LogP contribution < -0.4 is 0 Å². The number of carboxylic acid groups (broad SMARTS) is 1. The number of benzene rings is 2. The van der Waals surface area contributed by atoms with Crippen molar-refractivity contribution in [3.8, 4) is 0 Å². The van der Waals surface area contributed by atoms with Gasteiger partial charge in [0.1, 0.15) is 0 Å². The molecule has 0 radical (unpaired) electrons. The number of allylic oxidation sites excluding steroid dienone is 1. The Kier molecular flexibility index (Phi) is 4.27. The van der Waals surface area contributed by atoms with Gasteiger partial charge in [0.2, 0.25) is 0 Å². The van der Waals surface area contributed by atoms with Crippen LogP contribution in [0.3, 0.4) is 0 Å². The molecule has 0 saturated carbocycles. The number of rotatable bonds is 3.